The molecule has 0 aliphatic rings. The summed E-state index contributed by atoms with van der Waals surface area (Å²) in [7, 11) is 0. The van der Waals surface area contributed by atoms with Crippen molar-refractivity contribution in [1.29, 1.82) is 0 Å². The summed E-state index contributed by atoms with van der Waals surface area (Å²) < 4.78 is 5.35. The number of nitrogens with zero attached hydrogens (tertiary/aromatic N) is 1. The highest BCUT2D eigenvalue weighted by Gasteiger charge is 2.09. The van der Waals surface area contributed by atoms with Crippen LogP contribution in [0.3, 0.4) is 0 Å². The maximum atomic E-state index is 11.6. The number of rotatable bonds is 5. The number of carboxylic acid groups (broad SMARTS) is 1. The first-order valence-electron chi connectivity index (χ1n) is 5.72. The van der Waals surface area contributed by atoms with Crippen LogP contribution >= 0.6 is 11.3 Å². The lowest BCUT2D eigenvalue weighted by Gasteiger charge is -2.09. The molecule has 7 heteroatoms. The second kappa shape index (κ2) is 6.16. The van der Waals surface area contributed by atoms with Crippen molar-refractivity contribution in [2.24, 2.45) is 0 Å². The van der Waals surface area contributed by atoms with E-state index in [2.05, 4.69) is 10.3 Å². The minimum absolute atomic E-state index is 0.160. The van der Waals surface area contributed by atoms with Crippen molar-refractivity contribution in [3.05, 3.63) is 40.9 Å². The second-order valence-corrected chi connectivity index (χ2v) is 4.85. The van der Waals surface area contributed by atoms with Crippen molar-refractivity contribution < 1.29 is 19.4 Å². The molecule has 20 heavy (non-hydrogen) atoms. The fourth-order valence-corrected chi connectivity index (χ4v) is 2.07. The lowest BCUT2D eigenvalue weighted by molar-refractivity contribution is -0.118. The zero-order chi connectivity index (χ0) is 14.5. The Hall–Kier alpha value is -2.41. The zero-order valence-electron chi connectivity index (χ0n) is 10.6. The van der Waals surface area contributed by atoms with Crippen LogP contribution in [0.15, 0.2) is 29.8 Å². The van der Waals surface area contributed by atoms with E-state index < -0.39 is 5.97 Å². The zero-order valence-corrected chi connectivity index (χ0v) is 11.4. The molecule has 1 aromatic carbocycles. The third-order valence-electron chi connectivity index (χ3n) is 2.46. The van der Waals surface area contributed by atoms with Gasteiger partial charge >= 0.3 is 5.97 Å². The van der Waals surface area contributed by atoms with Crippen LogP contribution in [-0.2, 0) is 4.79 Å². The molecule has 0 atom stereocenters. The van der Waals surface area contributed by atoms with Crippen LogP contribution in [-0.4, -0.2) is 28.6 Å². The van der Waals surface area contributed by atoms with Gasteiger partial charge in [-0.25, -0.2) is 9.78 Å². The van der Waals surface area contributed by atoms with E-state index in [0.717, 1.165) is 0 Å². The molecule has 0 aliphatic heterocycles. The van der Waals surface area contributed by atoms with Crippen LogP contribution in [0.5, 0.6) is 5.75 Å². The Labute approximate surface area is 119 Å². The minimum Gasteiger partial charge on any atom is -0.483 e. The van der Waals surface area contributed by atoms with E-state index in [1.54, 1.807) is 18.5 Å². The Morgan fingerprint density at radius 2 is 2.25 bits per heavy atom. The first-order chi connectivity index (χ1) is 9.56. The molecule has 6 nitrogen and oxygen atoms in total. The molecule has 2 N–H and O–H groups in total. The highest BCUT2D eigenvalue weighted by molar-refractivity contribution is 7.13. The summed E-state index contributed by atoms with van der Waals surface area (Å²) in [6.07, 6.45) is 1.59. The molecule has 1 amide bonds. The van der Waals surface area contributed by atoms with Gasteiger partial charge in [0.2, 0.25) is 0 Å². The first-order valence-corrected chi connectivity index (χ1v) is 6.60. The summed E-state index contributed by atoms with van der Waals surface area (Å²) in [5, 5.41) is 13.7. The number of carbonyl (C=O) groups is 2. The molecule has 2 rings (SSSR count). The summed E-state index contributed by atoms with van der Waals surface area (Å²) in [4.78, 5) is 26.3. The Bertz CT molecular complexity index is 625. The van der Waals surface area contributed by atoms with E-state index in [1.807, 2.05) is 0 Å². The number of hydrogen-bond donors (Lipinski definition) is 2. The van der Waals surface area contributed by atoms with Crippen LogP contribution in [0.25, 0.3) is 0 Å². The molecular weight excluding hydrogens is 280 g/mol. The molecule has 0 aliphatic carbocycles. The number of carbonyl (C=O) groups excluding carboxylic acids is 1. The number of anilines is 1. The van der Waals surface area contributed by atoms with Crippen molar-refractivity contribution >= 4 is 28.3 Å². The van der Waals surface area contributed by atoms with Gasteiger partial charge in [0.15, 0.2) is 11.7 Å². The van der Waals surface area contributed by atoms with E-state index in [0.29, 0.717) is 16.4 Å². The summed E-state index contributed by atoms with van der Waals surface area (Å²) >= 11 is 1.32. The number of amides is 1. The van der Waals surface area contributed by atoms with Gasteiger partial charge in [-0.15, -0.1) is 11.3 Å². The van der Waals surface area contributed by atoms with E-state index in [9.17, 15) is 9.59 Å². The average Bonchev–Trinajstić information content (AvgIpc) is 2.90. The maximum Gasteiger partial charge on any atom is 0.335 e. The van der Waals surface area contributed by atoms with E-state index in [1.165, 1.54) is 29.5 Å². The summed E-state index contributed by atoms with van der Waals surface area (Å²) in [6, 6.07) is 4.47. The molecule has 104 valence electrons. The lowest BCUT2D eigenvalue weighted by Crippen LogP contribution is -2.20. The maximum absolute atomic E-state index is 11.6. The summed E-state index contributed by atoms with van der Waals surface area (Å²) in [6.45, 7) is 1.56. The Kier molecular flexibility index (Phi) is 4.31. The molecule has 1 heterocycles. The Balaban J connectivity index is 1.93. The molecular formula is C13H12N2O4S. The van der Waals surface area contributed by atoms with E-state index in [-0.39, 0.29) is 18.1 Å². The number of hydrogen-bond acceptors (Lipinski definition) is 5. The molecule has 0 radical (unpaired) electrons. The van der Waals surface area contributed by atoms with Gasteiger partial charge in [-0.3, -0.25) is 10.1 Å². The molecule has 0 saturated heterocycles. The second-order valence-electron chi connectivity index (χ2n) is 3.96. The highest BCUT2D eigenvalue weighted by Crippen LogP contribution is 2.19. The molecule has 0 saturated carbocycles. The number of aryl methyl sites for hydroxylation is 1. The van der Waals surface area contributed by atoms with Crippen molar-refractivity contribution in [1.82, 2.24) is 4.98 Å². The molecule has 2 aromatic rings. The third kappa shape index (κ3) is 3.55. The largest absolute Gasteiger partial charge is 0.483 e. The van der Waals surface area contributed by atoms with Crippen LogP contribution in [0.1, 0.15) is 15.9 Å². The molecule has 0 fully saturated rings. The van der Waals surface area contributed by atoms with Gasteiger partial charge in [-0.1, -0.05) is 0 Å². The van der Waals surface area contributed by atoms with Gasteiger partial charge in [-0.05, 0) is 30.7 Å². The van der Waals surface area contributed by atoms with Crippen LogP contribution in [0.2, 0.25) is 0 Å². The smallest absolute Gasteiger partial charge is 0.335 e. The molecule has 0 spiro atoms. The fourth-order valence-electron chi connectivity index (χ4n) is 1.53. The van der Waals surface area contributed by atoms with Crippen molar-refractivity contribution in [2.45, 2.75) is 6.92 Å². The normalized spacial score (nSPS) is 10.1. The van der Waals surface area contributed by atoms with Gasteiger partial charge in [-0.2, -0.15) is 0 Å². The number of aromatic carboxylic acids is 1. The number of nitrogens with one attached hydrogen (secondary N) is 1. The first kappa shape index (κ1) is 14.0. The van der Waals surface area contributed by atoms with Crippen LogP contribution in [0, 0.1) is 6.92 Å². The van der Waals surface area contributed by atoms with Crippen molar-refractivity contribution in [3.8, 4) is 5.75 Å². The van der Waals surface area contributed by atoms with Gasteiger partial charge in [0.1, 0.15) is 5.75 Å². The monoisotopic (exact) mass is 292 g/mol. The summed E-state index contributed by atoms with van der Waals surface area (Å²) in [5.41, 5.74) is 0.842. The Morgan fingerprint density at radius 1 is 1.45 bits per heavy atom. The quantitative estimate of drug-likeness (QED) is 0.881. The van der Waals surface area contributed by atoms with E-state index in [4.69, 9.17) is 9.84 Å². The topological polar surface area (TPSA) is 88.5 Å². The predicted molar refractivity (Wildman–Crippen MR) is 74.4 cm³/mol. The van der Waals surface area contributed by atoms with Gasteiger partial charge in [0.05, 0.1) is 5.56 Å². The standard InChI is InChI=1S/C13H12N2O4S/c1-8-6-9(12(17)18)2-3-10(8)19-7-11(16)15-13-14-4-5-20-13/h2-6H,7H2,1H3,(H,17,18)(H,14,15,16). The van der Waals surface area contributed by atoms with Crippen molar-refractivity contribution in [3.63, 3.8) is 0 Å². The highest BCUT2D eigenvalue weighted by atomic mass is 32.1. The van der Waals surface area contributed by atoms with Gasteiger partial charge < -0.3 is 9.84 Å². The average molecular weight is 292 g/mol. The molecule has 0 unspecified atom stereocenters. The lowest BCUT2D eigenvalue weighted by atomic mass is 10.1. The predicted octanol–water partition coefficient (Wildman–Crippen LogP) is 2.17. The van der Waals surface area contributed by atoms with Gasteiger partial charge in [0.25, 0.3) is 5.91 Å². The van der Waals surface area contributed by atoms with Gasteiger partial charge in [0, 0.05) is 11.6 Å². The SMILES string of the molecule is Cc1cc(C(=O)O)ccc1OCC(=O)Nc1nccs1. The van der Waals surface area contributed by atoms with Crippen LogP contribution < -0.4 is 10.1 Å². The third-order valence-corrected chi connectivity index (χ3v) is 3.15. The number of carboxylic acids is 1. The number of aromatic nitrogens is 1. The molecule has 1 aromatic heterocycles. The van der Waals surface area contributed by atoms with Crippen LogP contribution in [0.4, 0.5) is 5.13 Å². The number of thiazole rings is 1. The van der Waals surface area contributed by atoms with E-state index >= 15 is 0 Å². The Morgan fingerprint density at radius 3 is 2.85 bits per heavy atom. The number of benzene rings is 1. The summed E-state index contributed by atoms with van der Waals surface area (Å²) in [5.74, 6) is -0.841. The molecule has 0 bridgehead atoms. The number of ether oxygens (including phenoxy) is 1. The minimum atomic E-state index is -0.999. The van der Waals surface area contributed by atoms with Crippen molar-refractivity contribution in [2.75, 3.05) is 11.9 Å². The fraction of sp³-hybridized carbons (Fsp3) is 0.154.